The summed E-state index contributed by atoms with van der Waals surface area (Å²) >= 11 is 0.0372. The molecule has 0 atom stereocenters. The van der Waals surface area contributed by atoms with E-state index in [-0.39, 0.29) is 19.7 Å². The molecule has 76 valence electrons. The zero-order valence-electron chi connectivity index (χ0n) is 8.10. The van der Waals surface area contributed by atoms with E-state index in [4.69, 9.17) is 11.1 Å². The molecule has 0 saturated carbocycles. The monoisotopic (exact) mass is 265 g/mol. The molecule has 0 amide bonds. The van der Waals surface area contributed by atoms with E-state index in [9.17, 15) is 0 Å². The average Bonchev–Trinajstić information content (AvgIpc) is 2.26. The number of nitrogens with two attached hydrogens (primary N) is 1. The van der Waals surface area contributed by atoms with Crippen LogP contribution in [0.15, 0.2) is 36.4 Å². The molecule has 0 fully saturated rings. The fourth-order valence-electron chi connectivity index (χ4n) is 1.34. The first kappa shape index (κ1) is 10.1. The number of fused-ring (bicyclic) bond motifs is 1. The Labute approximate surface area is 94.4 Å². The first-order valence-corrected chi connectivity index (χ1v) is 6.64. The number of aromatic nitrogens is 1. The zero-order chi connectivity index (χ0) is 10.7. The van der Waals surface area contributed by atoms with Crippen molar-refractivity contribution in [2.45, 2.75) is 5.32 Å². The van der Waals surface area contributed by atoms with Crippen LogP contribution in [0.25, 0.3) is 10.9 Å². The van der Waals surface area contributed by atoms with Gasteiger partial charge in [-0.15, -0.1) is 0 Å². The molecule has 3 N–H and O–H groups in total. The predicted molar refractivity (Wildman–Crippen MR) is 63.1 cm³/mol. The van der Waals surface area contributed by atoms with Crippen LogP contribution in [0, 0.1) is 5.41 Å². The van der Waals surface area contributed by atoms with Crippen molar-refractivity contribution in [1.29, 1.82) is 5.41 Å². The van der Waals surface area contributed by atoms with Gasteiger partial charge in [0, 0.05) is 0 Å². The van der Waals surface area contributed by atoms with Gasteiger partial charge in [-0.25, -0.2) is 0 Å². The molecule has 0 aliphatic heterocycles. The number of amidine groups is 1. The number of para-hydroxylation sites is 1. The summed E-state index contributed by atoms with van der Waals surface area (Å²) in [6, 6.07) is 12.1. The van der Waals surface area contributed by atoms with Gasteiger partial charge in [0.2, 0.25) is 0 Å². The van der Waals surface area contributed by atoms with Gasteiger partial charge < -0.3 is 0 Å². The quantitative estimate of drug-likeness (QED) is 0.499. The summed E-state index contributed by atoms with van der Waals surface area (Å²) in [6.45, 7) is 0. The Hall–Kier alpha value is -1.38. The van der Waals surface area contributed by atoms with Crippen molar-refractivity contribution in [2.24, 2.45) is 5.73 Å². The third kappa shape index (κ3) is 2.55. The molecule has 0 unspecified atom stereocenters. The number of pyridine rings is 1. The van der Waals surface area contributed by atoms with Crippen molar-refractivity contribution in [2.75, 3.05) is 0 Å². The Morgan fingerprint density at radius 2 is 2.07 bits per heavy atom. The molecule has 0 bridgehead atoms. The maximum absolute atomic E-state index is 7.18. The average molecular weight is 264 g/mol. The van der Waals surface area contributed by atoms with Gasteiger partial charge in [0.25, 0.3) is 0 Å². The van der Waals surface area contributed by atoms with Crippen LogP contribution >= 0.6 is 0 Å². The molecular weight excluding hydrogens is 253 g/mol. The Morgan fingerprint density at radius 1 is 1.27 bits per heavy atom. The molecule has 0 saturated heterocycles. The fraction of sp³-hybridized carbons (Fsp3) is 0.0909. The number of hydrogen-bond donors (Lipinski definition) is 2. The molecule has 0 aliphatic rings. The van der Waals surface area contributed by atoms with Gasteiger partial charge in [-0.05, 0) is 0 Å². The molecule has 4 heteroatoms. The molecule has 0 aliphatic carbocycles. The summed E-state index contributed by atoms with van der Waals surface area (Å²) in [5.74, 6) is 0. The molecule has 0 radical (unpaired) electrons. The fourth-order valence-corrected chi connectivity index (χ4v) is 2.31. The molecule has 0 spiro atoms. The van der Waals surface area contributed by atoms with Crippen molar-refractivity contribution >= 4 is 30.6 Å². The number of rotatable bonds is 3. The first-order valence-electron chi connectivity index (χ1n) is 4.57. The second-order valence-electron chi connectivity index (χ2n) is 3.15. The second-order valence-corrected chi connectivity index (χ2v) is 5.28. The standard InChI is InChI=1S/C11H11N3Se/c12-11(13)15-7-9-6-5-8-3-1-2-4-10(8)14-9/h1-6H,7H2,(H3,12,13). The summed E-state index contributed by atoms with van der Waals surface area (Å²) in [5, 5.41) is 9.13. The van der Waals surface area contributed by atoms with E-state index >= 15 is 0 Å². The first-order chi connectivity index (χ1) is 7.25. The van der Waals surface area contributed by atoms with Crippen molar-refractivity contribution in [3.8, 4) is 0 Å². The molecule has 1 heterocycles. The van der Waals surface area contributed by atoms with Crippen LogP contribution in [-0.4, -0.2) is 24.7 Å². The van der Waals surface area contributed by atoms with E-state index in [2.05, 4.69) is 11.1 Å². The van der Waals surface area contributed by atoms with Crippen LogP contribution in [0.5, 0.6) is 0 Å². The third-order valence-electron chi connectivity index (χ3n) is 2.03. The van der Waals surface area contributed by atoms with Gasteiger partial charge in [-0.2, -0.15) is 0 Å². The summed E-state index contributed by atoms with van der Waals surface area (Å²) in [6.07, 6.45) is 0. The van der Waals surface area contributed by atoms with Crippen LogP contribution in [0.3, 0.4) is 0 Å². The third-order valence-corrected chi connectivity index (χ3v) is 3.61. The summed E-state index contributed by atoms with van der Waals surface area (Å²) in [7, 11) is 0. The minimum absolute atomic E-state index is 0.0372. The SMILES string of the molecule is N=C(N)[Se]Cc1ccc2ccccc2n1. The summed E-state index contributed by atoms with van der Waals surface area (Å²) in [5.41, 5.74) is 7.36. The topological polar surface area (TPSA) is 62.8 Å². The summed E-state index contributed by atoms with van der Waals surface area (Å²) < 4.78 is 0.275. The summed E-state index contributed by atoms with van der Waals surface area (Å²) in [4.78, 5) is 4.51. The molecule has 15 heavy (non-hydrogen) atoms. The van der Waals surface area contributed by atoms with Crippen LogP contribution in [0.4, 0.5) is 0 Å². The number of benzene rings is 1. The Bertz CT molecular complexity index is 496. The molecule has 2 rings (SSSR count). The van der Waals surface area contributed by atoms with Crippen LogP contribution in [-0.2, 0) is 5.32 Å². The van der Waals surface area contributed by atoms with Crippen molar-refractivity contribution < 1.29 is 0 Å². The van der Waals surface area contributed by atoms with E-state index in [0.29, 0.717) is 0 Å². The van der Waals surface area contributed by atoms with Crippen LogP contribution in [0.1, 0.15) is 5.69 Å². The van der Waals surface area contributed by atoms with E-state index in [1.807, 2.05) is 30.3 Å². The molecule has 3 nitrogen and oxygen atoms in total. The van der Waals surface area contributed by atoms with Gasteiger partial charge >= 0.3 is 94.1 Å². The Morgan fingerprint density at radius 3 is 2.87 bits per heavy atom. The van der Waals surface area contributed by atoms with Crippen LogP contribution in [0.2, 0.25) is 0 Å². The number of nitrogens with zero attached hydrogens (tertiary/aromatic N) is 1. The van der Waals surface area contributed by atoms with E-state index < -0.39 is 0 Å². The zero-order valence-corrected chi connectivity index (χ0v) is 9.82. The second kappa shape index (κ2) is 4.43. The normalized spacial score (nSPS) is 10.4. The van der Waals surface area contributed by atoms with Crippen LogP contribution < -0.4 is 5.73 Å². The molecule has 1 aromatic carbocycles. The number of nitrogens with one attached hydrogen (secondary N) is 1. The minimum atomic E-state index is 0.0372. The van der Waals surface area contributed by atoms with Gasteiger partial charge in [-0.3, -0.25) is 0 Å². The Balaban J connectivity index is 2.26. The van der Waals surface area contributed by atoms with Crippen molar-refractivity contribution in [3.63, 3.8) is 0 Å². The predicted octanol–water partition coefficient (Wildman–Crippen LogP) is 1.33. The van der Waals surface area contributed by atoms with Gasteiger partial charge in [-0.1, -0.05) is 0 Å². The molecule has 1 aromatic heterocycles. The van der Waals surface area contributed by atoms with Gasteiger partial charge in [0.1, 0.15) is 0 Å². The van der Waals surface area contributed by atoms with E-state index in [0.717, 1.165) is 21.9 Å². The van der Waals surface area contributed by atoms with Gasteiger partial charge in [0.05, 0.1) is 0 Å². The van der Waals surface area contributed by atoms with E-state index in [1.165, 1.54) is 0 Å². The van der Waals surface area contributed by atoms with E-state index in [1.54, 1.807) is 0 Å². The van der Waals surface area contributed by atoms with Crippen molar-refractivity contribution in [1.82, 2.24) is 4.98 Å². The van der Waals surface area contributed by atoms with Crippen molar-refractivity contribution in [3.05, 3.63) is 42.1 Å². The Kier molecular flexibility index (Phi) is 2.99. The molecule has 2 aromatic rings. The van der Waals surface area contributed by atoms with Gasteiger partial charge in [0.15, 0.2) is 0 Å². The number of hydrogen-bond acceptors (Lipinski definition) is 2. The maximum atomic E-state index is 7.18. The molecular formula is C11H11N3Se.